The fraction of sp³-hybridized carbons (Fsp3) is 0.417. The standard InChI is InChI=1S/C12H13NO/c1-9-5-6-10-3-2-4-11(7-8-13)12(10)14-9/h2-4,9H,5-7H2,1H3. The van der Waals surface area contributed by atoms with E-state index in [0.717, 1.165) is 24.2 Å². The molecule has 0 aliphatic carbocycles. The Morgan fingerprint density at radius 1 is 1.57 bits per heavy atom. The zero-order chi connectivity index (χ0) is 9.97. The molecule has 0 saturated carbocycles. The molecule has 1 aliphatic heterocycles. The zero-order valence-corrected chi connectivity index (χ0v) is 8.29. The van der Waals surface area contributed by atoms with Gasteiger partial charge in [0.2, 0.25) is 0 Å². The van der Waals surface area contributed by atoms with E-state index in [1.54, 1.807) is 0 Å². The van der Waals surface area contributed by atoms with Crippen LogP contribution in [0.1, 0.15) is 24.5 Å². The lowest BCUT2D eigenvalue weighted by molar-refractivity contribution is 0.190. The Kier molecular flexibility index (Phi) is 2.41. The Morgan fingerprint density at radius 3 is 3.21 bits per heavy atom. The molecule has 1 aliphatic rings. The molecule has 0 N–H and O–H groups in total. The van der Waals surface area contributed by atoms with Crippen LogP contribution < -0.4 is 4.74 Å². The summed E-state index contributed by atoms with van der Waals surface area (Å²) in [5.74, 6) is 0.952. The summed E-state index contributed by atoms with van der Waals surface area (Å²) in [6.45, 7) is 2.08. The number of para-hydroxylation sites is 1. The van der Waals surface area contributed by atoms with E-state index >= 15 is 0 Å². The lowest BCUT2D eigenvalue weighted by Gasteiger charge is -2.24. The van der Waals surface area contributed by atoms with Gasteiger partial charge in [0, 0.05) is 5.56 Å². The molecule has 1 atom stereocenters. The van der Waals surface area contributed by atoms with Crippen molar-refractivity contribution in [3.05, 3.63) is 29.3 Å². The molecular weight excluding hydrogens is 174 g/mol. The van der Waals surface area contributed by atoms with E-state index in [2.05, 4.69) is 19.1 Å². The summed E-state index contributed by atoms with van der Waals surface area (Å²) in [5, 5.41) is 8.68. The van der Waals surface area contributed by atoms with Crippen LogP contribution in [0.15, 0.2) is 18.2 Å². The SMILES string of the molecule is CC1CCc2cccc(CC#N)c2O1. The van der Waals surface area contributed by atoms with Crippen molar-refractivity contribution in [2.24, 2.45) is 0 Å². The van der Waals surface area contributed by atoms with Crippen LogP contribution in [-0.4, -0.2) is 6.10 Å². The van der Waals surface area contributed by atoms with Gasteiger partial charge in [-0.1, -0.05) is 18.2 Å². The number of benzene rings is 1. The Balaban J connectivity index is 2.39. The molecule has 72 valence electrons. The molecule has 1 aromatic carbocycles. The molecule has 0 radical (unpaired) electrons. The van der Waals surface area contributed by atoms with Gasteiger partial charge in [-0.25, -0.2) is 0 Å². The van der Waals surface area contributed by atoms with Crippen molar-refractivity contribution in [2.75, 3.05) is 0 Å². The molecule has 0 spiro atoms. The first-order valence-electron chi connectivity index (χ1n) is 4.95. The quantitative estimate of drug-likeness (QED) is 0.676. The Morgan fingerprint density at radius 2 is 2.43 bits per heavy atom. The lowest BCUT2D eigenvalue weighted by Crippen LogP contribution is -2.19. The summed E-state index contributed by atoms with van der Waals surface area (Å²) in [4.78, 5) is 0. The van der Waals surface area contributed by atoms with E-state index in [-0.39, 0.29) is 6.10 Å². The van der Waals surface area contributed by atoms with Crippen LogP contribution in [-0.2, 0) is 12.8 Å². The van der Waals surface area contributed by atoms with Crippen molar-refractivity contribution in [1.29, 1.82) is 5.26 Å². The maximum atomic E-state index is 8.68. The first-order chi connectivity index (χ1) is 6.81. The third-order valence-electron chi connectivity index (χ3n) is 2.59. The maximum Gasteiger partial charge on any atom is 0.127 e. The maximum absolute atomic E-state index is 8.68. The number of hydrogen-bond acceptors (Lipinski definition) is 2. The van der Waals surface area contributed by atoms with Gasteiger partial charge in [-0.05, 0) is 25.3 Å². The van der Waals surface area contributed by atoms with E-state index in [1.165, 1.54) is 5.56 Å². The highest BCUT2D eigenvalue weighted by atomic mass is 16.5. The van der Waals surface area contributed by atoms with Crippen LogP contribution in [0, 0.1) is 11.3 Å². The van der Waals surface area contributed by atoms with Crippen molar-refractivity contribution < 1.29 is 4.74 Å². The average Bonchev–Trinajstić information content (AvgIpc) is 2.19. The van der Waals surface area contributed by atoms with Gasteiger partial charge >= 0.3 is 0 Å². The smallest absolute Gasteiger partial charge is 0.127 e. The second-order valence-electron chi connectivity index (χ2n) is 3.71. The molecule has 1 unspecified atom stereocenters. The summed E-state index contributed by atoms with van der Waals surface area (Å²) >= 11 is 0. The minimum Gasteiger partial charge on any atom is -0.490 e. The number of fused-ring (bicyclic) bond motifs is 1. The molecule has 14 heavy (non-hydrogen) atoms. The second-order valence-corrected chi connectivity index (χ2v) is 3.71. The second kappa shape index (κ2) is 3.71. The summed E-state index contributed by atoms with van der Waals surface area (Å²) in [5.41, 5.74) is 2.27. The fourth-order valence-electron chi connectivity index (χ4n) is 1.83. The van der Waals surface area contributed by atoms with Crippen LogP contribution in [0.2, 0.25) is 0 Å². The van der Waals surface area contributed by atoms with E-state index in [1.807, 2.05) is 12.1 Å². The van der Waals surface area contributed by atoms with Crippen molar-refractivity contribution in [3.8, 4) is 11.8 Å². The third kappa shape index (κ3) is 1.58. The molecule has 1 aromatic rings. The van der Waals surface area contributed by atoms with Gasteiger partial charge in [-0.2, -0.15) is 5.26 Å². The molecule has 2 heteroatoms. The number of aryl methyl sites for hydroxylation is 1. The van der Waals surface area contributed by atoms with Crippen molar-refractivity contribution in [1.82, 2.24) is 0 Å². The van der Waals surface area contributed by atoms with E-state index in [9.17, 15) is 0 Å². The largest absolute Gasteiger partial charge is 0.490 e. The van der Waals surface area contributed by atoms with E-state index < -0.39 is 0 Å². The molecular formula is C12H13NO. The van der Waals surface area contributed by atoms with Gasteiger partial charge in [0.15, 0.2) is 0 Å². The Bertz CT molecular complexity index is 378. The zero-order valence-electron chi connectivity index (χ0n) is 8.29. The monoisotopic (exact) mass is 187 g/mol. The van der Waals surface area contributed by atoms with Gasteiger partial charge < -0.3 is 4.74 Å². The summed E-state index contributed by atoms with van der Waals surface area (Å²) in [6.07, 6.45) is 2.86. The predicted octanol–water partition coefficient (Wildman–Crippen LogP) is 2.47. The van der Waals surface area contributed by atoms with Crippen LogP contribution in [0.25, 0.3) is 0 Å². The molecule has 2 rings (SSSR count). The van der Waals surface area contributed by atoms with Gasteiger partial charge in [-0.15, -0.1) is 0 Å². The Labute approximate surface area is 84.1 Å². The number of rotatable bonds is 1. The van der Waals surface area contributed by atoms with Gasteiger partial charge in [-0.3, -0.25) is 0 Å². The summed E-state index contributed by atoms with van der Waals surface area (Å²) < 4.78 is 5.76. The topological polar surface area (TPSA) is 33.0 Å². The molecule has 2 nitrogen and oxygen atoms in total. The fourth-order valence-corrected chi connectivity index (χ4v) is 1.83. The van der Waals surface area contributed by atoms with Crippen LogP contribution in [0.5, 0.6) is 5.75 Å². The van der Waals surface area contributed by atoms with Crippen LogP contribution in [0.4, 0.5) is 0 Å². The number of nitrogens with zero attached hydrogens (tertiary/aromatic N) is 1. The van der Waals surface area contributed by atoms with Crippen molar-refractivity contribution >= 4 is 0 Å². The highest BCUT2D eigenvalue weighted by Gasteiger charge is 2.18. The average molecular weight is 187 g/mol. The van der Waals surface area contributed by atoms with E-state index in [0.29, 0.717) is 6.42 Å². The molecule has 1 heterocycles. The van der Waals surface area contributed by atoms with Crippen LogP contribution in [0.3, 0.4) is 0 Å². The predicted molar refractivity (Wildman–Crippen MR) is 54.2 cm³/mol. The molecule has 0 bridgehead atoms. The third-order valence-corrected chi connectivity index (χ3v) is 2.59. The Hall–Kier alpha value is -1.49. The highest BCUT2D eigenvalue weighted by molar-refractivity contribution is 5.44. The minimum absolute atomic E-state index is 0.280. The lowest BCUT2D eigenvalue weighted by atomic mass is 9.99. The number of ether oxygens (including phenoxy) is 1. The van der Waals surface area contributed by atoms with Gasteiger partial charge in [0.25, 0.3) is 0 Å². The first-order valence-corrected chi connectivity index (χ1v) is 4.95. The minimum atomic E-state index is 0.280. The van der Waals surface area contributed by atoms with Gasteiger partial charge in [0.05, 0.1) is 18.6 Å². The van der Waals surface area contributed by atoms with Crippen LogP contribution >= 0.6 is 0 Å². The van der Waals surface area contributed by atoms with Crippen molar-refractivity contribution in [3.63, 3.8) is 0 Å². The van der Waals surface area contributed by atoms with Crippen molar-refractivity contribution in [2.45, 2.75) is 32.3 Å². The molecule has 0 amide bonds. The molecule has 0 saturated heterocycles. The summed E-state index contributed by atoms with van der Waals surface area (Å²) in [6, 6.07) is 8.23. The summed E-state index contributed by atoms with van der Waals surface area (Å²) in [7, 11) is 0. The molecule has 0 fully saturated rings. The number of hydrogen-bond donors (Lipinski definition) is 0. The molecule has 0 aromatic heterocycles. The van der Waals surface area contributed by atoms with Gasteiger partial charge in [0.1, 0.15) is 5.75 Å². The first kappa shape index (κ1) is 9.08. The number of nitriles is 1. The normalized spacial score (nSPS) is 19.3. The van der Waals surface area contributed by atoms with E-state index in [4.69, 9.17) is 10.00 Å². The highest BCUT2D eigenvalue weighted by Crippen LogP contribution is 2.31.